The maximum absolute atomic E-state index is 11.6. The van der Waals surface area contributed by atoms with Crippen LogP contribution >= 0.6 is 0 Å². The first-order chi connectivity index (χ1) is 8.63. The lowest BCUT2D eigenvalue weighted by atomic mass is 10.3. The smallest absolute Gasteiger partial charge is 0.242 e. The molecule has 6 nitrogen and oxygen atoms in total. The van der Waals surface area contributed by atoms with Crippen LogP contribution in [0, 0.1) is 6.92 Å². The van der Waals surface area contributed by atoms with Crippen molar-refractivity contribution in [1.29, 1.82) is 0 Å². The molecule has 1 N–H and O–H groups in total. The van der Waals surface area contributed by atoms with Gasteiger partial charge < -0.3 is 10.1 Å². The first-order valence-corrected chi connectivity index (χ1v) is 5.84. The number of aromatic nitrogens is 3. The summed E-state index contributed by atoms with van der Waals surface area (Å²) in [5.41, 5.74) is 1.42. The summed E-state index contributed by atoms with van der Waals surface area (Å²) in [5.74, 6) is 0.879. The third-order valence-electron chi connectivity index (χ3n) is 2.48. The highest BCUT2D eigenvalue weighted by molar-refractivity contribution is 5.91. The van der Waals surface area contributed by atoms with Gasteiger partial charge in [-0.2, -0.15) is 4.98 Å². The first-order valence-electron chi connectivity index (χ1n) is 5.84. The lowest BCUT2D eigenvalue weighted by Gasteiger charge is -2.09. The molecular formula is C12H16N4O2. The molecule has 0 radical (unpaired) electrons. The van der Waals surface area contributed by atoms with Crippen LogP contribution in [0.5, 0.6) is 5.88 Å². The van der Waals surface area contributed by atoms with Crippen LogP contribution in [0.3, 0.4) is 0 Å². The quantitative estimate of drug-likeness (QED) is 0.895. The van der Waals surface area contributed by atoms with E-state index < -0.39 is 0 Å². The van der Waals surface area contributed by atoms with Crippen LogP contribution in [0.25, 0.3) is 5.78 Å². The Kier molecular flexibility index (Phi) is 3.45. The van der Waals surface area contributed by atoms with Crippen LogP contribution in [0.15, 0.2) is 12.4 Å². The fourth-order valence-corrected chi connectivity index (χ4v) is 1.71. The zero-order valence-corrected chi connectivity index (χ0v) is 10.7. The summed E-state index contributed by atoms with van der Waals surface area (Å²) in [6.45, 7) is 3.84. The minimum atomic E-state index is -0.0474. The van der Waals surface area contributed by atoms with E-state index >= 15 is 0 Å². The Hall–Kier alpha value is -2.11. The minimum absolute atomic E-state index is 0.0474. The normalized spacial score (nSPS) is 10.6. The molecule has 2 aromatic rings. The topological polar surface area (TPSA) is 68.5 Å². The van der Waals surface area contributed by atoms with Gasteiger partial charge >= 0.3 is 0 Å². The summed E-state index contributed by atoms with van der Waals surface area (Å²) in [6, 6.07) is 0. The van der Waals surface area contributed by atoms with E-state index in [4.69, 9.17) is 4.74 Å². The van der Waals surface area contributed by atoms with E-state index in [0.717, 1.165) is 12.1 Å². The van der Waals surface area contributed by atoms with Gasteiger partial charge in [0.2, 0.25) is 17.6 Å². The fourth-order valence-electron chi connectivity index (χ4n) is 1.71. The summed E-state index contributed by atoms with van der Waals surface area (Å²) < 4.78 is 6.93. The summed E-state index contributed by atoms with van der Waals surface area (Å²) in [5, 5.41) is 2.79. The lowest BCUT2D eigenvalue weighted by molar-refractivity contribution is -0.116. The number of nitrogens with zero attached hydrogens (tertiary/aromatic N) is 3. The van der Waals surface area contributed by atoms with Crippen molar-refractivity contribution in [3.63, 3.8) is 0 Å². The number of rotatable bonds is 4. The molecular weight excluding hydrogens is 232 g/mol. The largest absolute Gasteiger partial charge is 0.479 e. The molecule has 1 amide bonds. The summed E-state index contributed by atoms with van der Waals surface area (Å²) in [7, 11) is 1.52. The fraction of sp³-hybridized carbons (Fsp3) is 0.417. The molecule has 2 heterocycles. The van der Waals surface area contributed by atoms with E-state index in [9.17, 15) is 4.79 Å². The van der Waals surface area contributed by atoms with Gasteiger partial charge in [-0.3, -0.25) is 9.20 Å². The number of methoxy groups -OCH3 is 1. The summed E-state index contributed by atoms with van der Waals surface area (Å²) >= 11 is 0. The second-order valence-corrected chi connectivity index (χ2v) is 4.05. The maximum Gasteiger partial charge on any atom is 0.242 e. The molecule has 0 saturated heterocycles. The van der Waals surface area contributed by atoms with Gasteiger partial charge in [0.25, 0.3) is 0 Å². The highest BCUT2D eigenvalue weighted by Gasteiger charge is 2.11. The number of carbonyl (C=O) groups is 1. The average molecular weight is 248 g/mol. The Morgan fingerprint density at radius 3 is 2.89 bits per heavy atom. The third-order valence-corrected chi connectivity index (χ3v) is 2.48. The lowest BCUT2D eigenvalue weighted by Crippen LogP contribution is -2.12. The van der Waals surface area contributed by atoms with Crippen LogP contribution in [0.2, 0.25) is 0 Å². The molecule has 0 unspecified atom stereocenters. The molecule has 2 aromatic heterocycles. The number of aryl methyl sites for hydroxylation is 1. The molecule has 0 saturated carbocycles. The van der Waals surface area contributed by atoms with Crippen LogP contribution in [0.4, 0.5) is 5.69 Å². The molecule has 2 rings (SSSR count). The van der Waals surface area contributed by atoms with E-state index in [1.165, 1.54) is 7.11 Å². The van der Waals surface area contributed by atoms with E-state index in [2.05, 4.69) is 15.3 Å². The van der Waals surface area contributed by atoms with Crippen LogP contribution in [-0.2, 0) is 4.79 Å². The van der Waals surface area contributed by atoms with Crippen LogP contribution in [0.1, 0.15) is 25.5 Å². The monoisotopic (exact) mass is 248 g/mol. The molecule has 6 heteroatoms. The molecule has 0 aromatic carbocycles. The van der Waals surface area contributed by atoms with Crippen molar-refractivity contribution in [3.05, 3.63) is 18.1 Å². The van der Waals surface area contributed by atoms with E-state index in [-0.39, 0.29) is 5.91 Å². The molecule has 0 aliphatic rings. The zero-order chi connectivity index (χ0) is 13.1. The number of imidazole rings is 1. The molecule has 0 spiro atoms. The van der Waals surface area contributed by atoms with Crippen molar-refractivity contribution in [2.45, 2.75) is 26.7 Å². The van der Waals surface area contributed by atoms with Gasteiger partial charge in [-0.25, -0.2) is 4.98 Å². The van der Waals surface area contributed by atoms with E-state index in [1.807, 2.05) is 20.0 Å². The van der Waals surface area contributed by atoms with Crippen molar-refractivity contribution in [1.82, 2.24) is 14.4 Å². The summed E-state index contributed by atoms with van der Waals surface area (Å²) in [4.78, 5) is 20.1. The number of fused-ring (bicyclic) bond motifs is 1. The van der Waals surface area contributed by atoms with Gasteiger partial charge in [0.05, 0.1) is 12.8 Å². The molecule has 18 heavy (non-hydrogen) atoms. The van der Waals surface area contributed by atoms with Crippen LogP contribution < -0.4 is 10.1 Å². The second kappa shape index (κ2) is 5.03. The van der Waals surface area contributed by atoms with Crippen molar-refractivity contribution >= 4 is 17.4 Å². The zero-order valence-electron chi connectivity index (χ0n) is 10.7. The highest BCUT2D eigenvalue weighted by Crippen LogP contribution is 2.22. The van der Waals surface area contributed by atoms with Crippen molar-refractivity contribution in [2.75, 3.05) is 12.4 Å². The van der Waals surface area contributed by atoms with E-state index in [1.54, 1.807) is 10.6 Å². The van der Waals surface area contributed by atoms with Gasteiger partial charge in [-0.05, 0) is 13.3 Å². The first kappa shape index (κ1) is 12.3. The van der Waals surface area contributed by atoms with Gasteiger partial charge in [0, 0.05) is 18.8 Å². The van der Waals surface area contributed by atoms with Gasteiger partial charge in [0.15, 0.2) is 0 Å². The maximum atomic E-state index is 11.6. The minimum Gasteiger partial charge on any atom is -0.479 e. The van der Waals surface area contributed by atoms with E-state index in [0.29, 0.717) is 23.8 Å². The van der Waals surface area contributed by atoms with Gasteiger partial charge in [-0.15, -0.1) is 0 Å². The molecule has 0 aliphatic carbocycles. The second-order valence-electron chi connectivity index (χ2n) is 4.05. The Bertz CT molecular complexity index is 577. The van der Waals surface area contributed by atoms with Crippen molar-refractivity contribution < 1.29 is 9.53 Å². The Labute approximate surface area is 105 Å². The number of nitrogens with one attached hydrogen (secondary N) is 1. The third kappa shape index (κ3) is 2.42. The SMILES string of the molecule is CCCC(=O)Nc1cn2cc(C)nc2nc1OC. The summed E-state index contributed by atoms with van der Waals surface area (Å²) in [6.07, 6.45) is 4.88. The molecule has 0 aliphatic heterocycles. The van der Waals surface area contributed by atoms with Crippen molar-refractivity contribution in [2.24, 2.45) is 0 Å². The molecule has 96 valence electrons. The number of ether oxygens (including phenoxy) is 1. The number of amides is 1. The predicted molar refractivity (Wildman–Crippen MR) is 67.8 cm³/mol. The van der Waals surface area contributed by atoms with Crippen LogP contribution in [-0.4, -0.2) is 27.4 Å². The van der Waals surface area contributed by atoms with Gasteiger partial charge in [0.1, 0.15) is 5.69 Å². The Morgan fingerprint density at radius 2 is 2.22 bits per heavy atom. The Balaban J connectivity index is 2.38. The van der Waals surface area contributed by atoms with Crippen molar-refractivity contribution in [3.8, 4) is 5.88 Å². The number of anilines is 1. The number of hydrogen-bond donors (Lipinski definition) is 1. The standard InChI is InChI=1S/C12H16N4O2/c1-4-5-10(17)14-9-7-16-6-8(2)13-12(16)15-11(9)18-3/h6-7H,4-5H2,1-3H3,(H,14,17). The molecule has 0 fully saturated rings. The molecule has 0 atom stereocenters. The predicted octanol–water partition coefficient (Wildman–Crippen LogP) is 1.78. The number of hydrogen-bond acceptors (Lipinski definition) is 4. The Morgan fingerprint density at radius 1 is 1.44 bits per heavy atom. The van der Waals surface area contributed by atoms with Gasteiger partial charge in [-0.1, -0.05) is 6.92 Å². The average Bonchev–Trinajstić information content (AvgIpc) is 2.67. The highest BCUT2D eigenvalue weighted by atomic mass is 16.5. The number of carbonyl (C=O) groups excluding carboxylic acids is 1. The molecule has 0 bridgehead atoms.